The van der Waals surface area contributed by atoms with E-state index in [0.29, 0.717) is 0 Å². The Morgan fingerprint density at radius 1 is 1.35 bits per heavy atom. The van der Waals surface area contributed by atoms with Gasteiger partial charge in [-0.1, -0.05) is 34.8 Å². The van der Waals surface area contributed by atoms with Gasteiger partial charge in [0.25, 0.3) is 0 Å². The number of sulfonamides is 1. The third kappa shape index (κ3) is 3.19. The number of benzene rings is 1. The van der Waals surface area contributed by atoms with E-state index in [2.05, 4.69) is 20.7 Å². The van der Waals surface area contributed by atoms with Crippen molar-refractivity contribution in [1.29, 1.82) is 5.26 Å². The number of nitrogens with one attached hydrogen (secondary N) is 1. The first kappa shape index (κ1) is 15.4. The van der Waals surface area contributed by atoms with E-state index in [-0.39, 0.29) is 15.8 Å². The lowest BCUT2D eigenvalue weighted by molar-refractivity contribution is 0.427. The molecule has 1 saturated carbocycles. The maximum atomic E-state index is 13.5. The quantitative estimate of drug-likeness (QED) is 0.842. The van der Waals surface area contributed by atoms with E-state index in [4.69, 9.17) is 5.26 Å². The molecule has 2 atom stereocenters. The number of nitriles is 1. The van der Waals surface area contributed by atoms with Gasteiger partial charge in [0.05, 0.1) is 0 Å². The van der Waals surface area contributed by atoms with Crippen molar-refractivity contribution in [3.8, 4) is 6.07 Å². The van der Waals surface area contributed by atoms with Gasteiger partial charge in [0.1, 0.15) is 22.3 Å². The largest absolute Gasteiger partial charge is 0.242 e. The summed E-state index contributed by atoms with van der Waals surface area (Å²) in [5, 5.41) is 8.93. The second-order valence-electron chi connectivity index (χ2n) is 4.75. The summed E-state index contributed by atoms with van der Waals surface area (Å²) in [5.41, 5.74) is -0.443. The first-order valence-electron chi connectivity index (χ1n) is 6.30. The van der Waals surface area contributed by atoms with Crippen molar-refractivity contribution in [3.63, 3.8) is 0 Å². The molecule has 1 fully saturated rings. The molecule has 0 amide bonds. The summed E-state index contributed by atoms with van der Waals surface area (Å²) in [7, 11) is -3.90. The van der Waals surface area contributed by atoms with Crippen molar-refractivity contribution >= 4 is 26.0 Å². The molecule has 2 rings (SSSR count). The lowest BCUT2D eigenvalue weighted by atomic mass is 9.96. The van der Waals surface area contributed by atoms with E-state index in [1.54, 1.807) is 6.07 Å². The average molecular weight is 361 g/mol. The normalized spacial score (nSPS) is 23.2. The van der Waals surface area contributed by atoms with Crippen LogP contribution < -0.4 is 4.72 Å². The van der Waals surface area contributed by atoms with Gasteiger partial charge >= 0.3 is 0 Å². The minimum atomic E-state index is -3.90. The van der Waals surface area contributed by atoms with Crippen molar-refractivity contribution < 1.29 is 12.8 Å². The summed E-state index contributed by atoms with van der Waals surface area (Å²) in [6.45, 7) is 0. The molecular formula is C13H14BrFN2O2S. The van der Waals surface area contributed by atoms with Crippen molar-refractivity contribution in [2.75, 3.05) is 0 Å². The van der Waals surface area contributed by atoms with Gasteiger partial charge in [-0.25, -0.2) is 17.5 Å². The molecule has 2 unspecified atom stereocenters. The molecule has 0 aromatic heterocycles. The van der Waals surface area contributed by atoms with Gasteiger partial charge in [-0.15, -0.1) is 0 Å². The Bertz CT molecular complexity index is 642. The smallest absolute Gasteiger partial charge is 0.207 e. The summed E-state index contributed by atoms with van der Waals surface area (Å²) >= 11 is 3.46. The van der Waals surface area contributed by atoms with Crippen LogP contribution in [0.4, 0.5) is 4.39 Å². The van der Waals surface area contributed by atoms with Crippen LogP contribution in [0.3, 0.4) is 0 Å². The lowest BCUT2D eigenvalue weighted by Crippen LogP contribution is -2.42. The molecule has 108 valence electrons. The third-order valence-corrected chi connectivity index (χ3v) is 5.99. The van der Waals surface area contributed by atoms with Crippen molar-refractivity contribution in [1.82, 2.24) is 4.72 Å². The Morgan fingerprint density at radius 2 is 2.05 bits per heavy atom. The number of hydrogen-bond acceptors (Lipinski definition) is 3. The number of rotatable bonds is 3. The standard InChI is InChI=1S/C13H14BrFN2O2S/c14-10-4-1-2-6-12(10)17-20(18,19)13-7-3-5-11(15)9(13)8-16/h3,5,7,10,12,17H,1-2,4,6H2. The van der Waals surface area contributed by atoms with Crippen molar-refractivity contribution in [2.45, 2.75) is 41.4 Å². The zero-order valence-electron chi connectivity index (χ0n) is 10.6. The number of nitrogens with zero attached hydrogens (tertiary/aromatic N) is 1. The minimum Gasteiger partial charge on any atom is -0.207 e. The molecule has 4 nitrogen and oxygen atoms in total. The van der Waals surface area contributed by atoms with E-state index >= 15 is 0 Å². The van der Waals surface area contributed by atoms with Gasteiger partial charge in [0, 0.05) is 10.9 Å². The first-order valence-corrected chi connectivity index (χ1v) is 8.70. The fourth-order valence-electron chi connectivity index (χ4n) is 2.32. The highest BCUT2D eigenvalue weighted by Gasteiger charge is 2.29. The Kier molecular flexibility index (Phi) is 4.78. The average Bonchev–Trinajstić information content (AvgIpc) is 2.41. The molecule has 1 aliphatic carbocycles. The highest BCUT2D eigenvalue weighted by molar-refractivity contribution is 9.09. The number of alkyl halides is 1. The summed E-state index contributed by atoms with van der Waals surface area (Å²) < 4.78 is 40.7. The van der Waals surface area contributed by atoms with Gasteiger partial charge in [0.2, 0.25) is 10.0 Å². The van der Waals surface area contributed by atoms with Crippen LogP contribution in [-0.4, -0.2) is 19.3 Å². The highest BCUT2D eigenvalue weighted by Crippen LogP contribution is 2.26. The third-order valence-electron chi connectivity index (χ3n) is 3.36. The summed E-state index contributed by atoms with van der Waals surface area (Å²) in [6, 6.07) is 4.99. The van der Waals surface area contributed by atoms with Crippen LogP contribution in [0, 0.1) is 17.1 Å². The van der Waals surface area contributed by atoms with Crippen molar-refractivity contribution in [3.05, 3.63) is 29.6 Å². The van der Waals surface area contributed by atoms with Gasteiger partial charge < -0.3 is 0 Å². The lowest BCUT2D eigenvalue weighted by Gasteiger charge is -2.28. The second kappa shape index (κ2) is 6.20. The first-order chi connectivity index (χ1) is 9.45. The van der Waals surface area contributed by atoms with Crippen LogP contribution in [0.2, 0.25) is 0 Å². The minimum absolute atomic E-state index is 0.0603. The Hall–Kier alpha value is -0.970. The maximum Gasteiger partial charge on any atom is 0.242 e. The van der Waals surface area contributed by atoms with Crippen LogP contribution in [-0.2, 0) is 10.0 Å². The number of halogens is 2. The summed E-state index contributed by atoms with van der Waals surface area (Å²) in [5.74, 6) is -0.825. The number of hydrogen-bond donors (Lipinski definition) is 1. The molecule has 0 heterocycles. The molecule has 1 N–H and O–H groups in total. The summed E-state index contributed by atoms with van der Waals surface area (Å²) in [6.07, 6.45) is 3.62. The second-order valence-corrected chi connectivity index (χ2v) is 7.61. The molecule has 1 aliphatic rings. The van der Waals surface area contributed by atoms with Crippen LogP contribution >= 0.6 is 15.9 Å². The van der Waals surface area contributed by atoms with E-state index in [9.17, 15) is 12.8 Å². The van der Waals surface area contributed by atoms with E-state index in [1.807, 2.05) is 0 Å². The fraction of sp³-hybridized carbons (Fsp3) is 0.462. The highest BCUT2D eigenvalue weighted by atomic mass is 79.9. The van der Waals surface area contributed by atoms with Crippen LogP contribution in [0.15, 0.2) is 23.1 Å². The predicted octanol–water partition coefficient (Wildman–Crippen LogP) is 2.68. The molecule has 7 heteroatoms. The van der Waals surface area contributed by atoms with E-state index in [0.717, 1.165) is 31.7 Å². The molecule has 1 aromatic rings. The summed E-state index contributed by atoms with van der Waals surface area (Å²) in [4.78, 5) is -0.240. The SMILES string of the molecule is N#Cc1c(F)cccc1S(=O)(=O)NC1CCCCC1Br. The van der Waals surface area contributed by atoms with Crippen LogP contribution in [0.1, 0.15) is 31.2 Å². The molecule has 0 bridgehead atoms. The molecule has 0 radical (unpaired) electrons. The van der Waals surface area contributed by atoms with Crippen molar-refractivity contribution in [2.24, 2.45) is 0 Å². The topological polar surface area (TPSA) is 70.0 Å². The molecule has 1 aromatic carbocycles. The Labute approximate surface area is 126 Å². The molecular weight excluding hydrogens is 347 g/mol. The molecule has 0 spiro atoms. The van der Waals surface area contributed by atoms with E-state index in [1.165, 1.54) is 12.1 Å². The van der Waals surface area contributed by atoms with E-state index < -0.39 is 21.4 Å². The molecule has 0 saturated heterocycles. The fourth-order valence-corrected chi connectivity index (χ4v) is 4.69. The van der Waals surface area contributed by atoms with Crippen LogP contribution in [0.25, 0.3) is 0 Å². The monoisotopic (exact) mass is 360 g/mol. The maximum absolute atomic E-state index is 13.5. The Balaban J connectivity index is 2.32. The Morgan fingerprint density at radius 3 is 2.70 bits per heavy atom. The van der Waals surface area contributed by atoms with Gasteiger partial charge in [-0.2, -0.15) is 5.26 Å². The zero-order chi connectivity index (χ0) is 14.8. The molecule has 0 aliphatic heterocycles. The van der Waals surface area contributed by atoms with Gasteiger partial charge in [-0.05, 0) is 25.0 Å². The molecule has 20 heavy (non-hydrogen) atoms. The van der Waals surface area contributed by atoms with Gasteiger partial charge in [0.15, 0.2) is 0 Å². The van der Waals surface area contributed by atoms with Gasteiger partial charge in [-0.3, -0.25) is 0 Å². The predicted molar refractivity (Wildman–Crippen MR) is 76.4 cm³/mol. The van der Waals surface area contributed by atoms with Crippen LogP contribution in [0.5, 0.6) is 0 Å². The zero-order valence-corrected chi connectivity index (χ0v) is 13.0.